The number of hydrogen-bond donors (Lipinski definition) is 1. The molecule has 149 valence electrons. The summed E-state index contributed by atoms with van der Waals surface area (Å²) in [4.78, 5) is 13.0. The van der Waals surface area contributed by atoms with E-state index in [2.05, 4.69) is 92.0 Å². The molecule has 3 aromatic rings. The van der Waals surface area contributed by atoms with Crippen LogP contribution in [0.15, 0.2) is 30.3 Å². The van der Waals surface area contributed by atoms with E-state index in [9.17, 15) is 0 Å². The molecule has 0 unspecified atom stereocenters. The van der Waals surface area contributed by atoms with Crippen LogP contribution in [0.2, 0.25) is 0 Å². The number of aromatic nitrogens is 4. The van der Waals surface area contributed by atoms with Crippen LogP contribution in [0.3, 0.4) is 0 Å². The quantitative estimate of drug-likeness (QED) is 0.326. The maximum absolute atomic E-state index is 4.85. The molecule has 0 spiro atoms. The molecule has 29 heavy (non-hydrogen) atoms. The molecule has 5 rings (SSSR count). The van der Waals surface area contributed by atoms with Gasteiger partial charge < -0.3 is 9.55 Å². The van der Waals surface area contributed by atoms with E-state index in [1.807, 2.05) is 0 Å². The molecule has 0 fully saturated rings. The molecule has 2 aliphatic rings. The normalized spacial score (nSPS) is 12.3. The molecule has 1 radical (unpaired) electrons. The third kappa shape index (κ3) is 3.27. The van der Waals surface area contributed by atoms with E-state index in [-0.39, 0.29) is 17.1 Å². The van der Waals surface area contributed by atoms with Crippen LogP contribution >= 0.6 is 0 Å². The second kappa shape index (κ2) is 7.18. The summed E-state index contributed by atoms with van der Waals surface area (Å²) in [5.74, 6) is 0. The van der Waals surface area contributed by atoms with Crippen LogP contribution in [0.4, 0.5) is 0 Å². The number of fused-ring (bicyclic) bond motifs is 8. The van der Waals surface area contributed by atoms with E-state index >= 15 is 0 Å². The second-order valence-electron chi connectivity index (χ2n) is 7.52. The maximum Gasteiger partial charge on any atom is 0.0687 e. The zero-order valence-electron chi connectivity index (χ0n) is 16.8. The first-order chi connectivity index (χ1) is 13.5. The third-order valence-corrected chi connectivity index (χ3v) is 5.71. The van der Waals surface area contributed by atoms with Gasteiger partial charge in [-0.2, -0.15) is 0 Å². The Bertz CT molecular complexity index is 1350. The topological polar surface area (TPSA) is 46.5 Å². The van der Waals surface area contributed by atoms with Crippen LogP contribution in [0.5, 0.6) is 0 Å². The SMILES string of the molecule is Cc1c(C)c2c(C)c3nc(cc4ccc(cc5nc(cc1n2C)C=C5)[nH]4)C=C3.[Cu]. The molecule has 0 atom stereocenters. The Labute approximate surface area is 180 Å². The number of hydrogen-bond acceptors (Lipinski definition) is 2. The van der Waals surface area contributed by atoms with Crippen LogP contribution in [0.1, 0.15) is 39.5 Å². The number of nitrogens with one attached hydrogen (secondary N) is 1. The van der Waals surface area contributed by atoms with E-state index in [0.29, 0.717) is 0 Å². The number of H-pyrrole nitrogens is 1. The van der Waals surface area contributed by atoms with Gasteiger partial charge >= 0.3 is 0 Å². The van der Waals surface area contributed by atoms with Crippen molar-refractivity contribution in [3.8, 4) is 0 Å². The minimum Gasteiger partial charge on any atom is -0.355 e. The first kappa shape index (κ1) is 19.4. The Morgan fingerprint density at radius 2 is 1.31 bits per heavy atom. The van der Waals surface area contributed by atoms with Gasteiger partial charge in [-0.1, -0.05) is 0 Å². The molecule has 0 saturated heterocycles. The molecule has 0 saturated carbocycles. The van der Waals surface area contributed by atoms with Crippen LogP contribution in [0.25, 0.3) is 46.4 Å². The Morgan fingerprint density at radius 1 is 0.724 bits per heavy atom. The Kier molecular flexibility index (Phi) is 4.81. The summed E-state index contributed by atoms with van der Waals surface area (Å²) in [6, 6.07) is 10.4. The van der Waals surface area contributed by atoms with Gasteiger partial charge in [0.1, 0.15) is 0 Å². The van der Waals surface area contributed by atoms with Crippen LogP contribution < -0.4 is 0 Å². The first-order valence-electron chi connectivity index (χ1n) is 9.50. The molecule has 0 aromatic carbocycles. The summed E-state index contributed by atoms with van der Waals surface area (Å²) < 4.78 is 2.26. The number of nitrogens with zero attached hydrogens (tertiary/aromatic N) is 3. The fourth-order valence-corrected chi connectivity index (χ4v) is 4.13. The van der Waals surface area contributed by atoms with Crippen molar-refractivity contribution in [2.45, 2.75) is 20.8 Å². The number of rotatable bonds is 0. The van der Waals surface area contributed by atoms with Crippen LogP contribution in [-0.2, 0) is 24.1 Å². The smallest absolute Gasteiger partial charge is 0.0687 e. The summed E-state index contributed by atoms with van der Waals surface area (Å²) in [7, 11) is 2.12. The summed E-state index contributed by atoms with van der Waals surface area (Å²) in [5, 5.41) is 0. The van der Waals surface area contributed by atoms with Crippen molar-refractivity contribution >= 4 is 46.4 Å². The van der Waals surface area contributed by atoms with Gasteiger partial charge in [0.05, 0.1) is 22.8 Å². The van der Waals surface area contributed by atoms with Gasteiger partial charge in [0.2, 0.25) is 0 Å². The minimum absolute atomic E-state index is 0. The molecule has 0 amide bonds. The van der Waals surface area contributed by atoms with Crippen LogP contribution in [0, 0.1) is 20.8 Å². The van der Waals surface area contributed by atoms with Crippen molar-refractivity contribution in [2.24, 2.45) is 7.05 Å². The average molecular weight is 430 g/mol. The Hall–Kier alpha value is -2.88. The van der Waals surface area contributed by atoms with E-state index < -0.39 is 0 Å². The van der Waals surface area contributed by atoms with Crippen molar-refractivity contribution < 1.29 is 17.1 Å². The Balaban J connectivity index is 0.00000205. The van der Waals surface area contributed by atoms with Gasteiger partial charge in [-0.25, -0.2) is 9.97 Å². The number of aryl methyl sites for hydroxylation is 4. The molecule has 5 heterocycles. The first-order valence-corrected chi connectivity index (χ1v) is 9.50. The molecule has 5 heteroatoms. The van der Waals surface area contributed by atoms with E-state index in [1.165, 1.54) is 27.7 Å². The zero-order chi connectivity index (χ0) is 19.4. The van der Waals surface area contributed by atoms with Gasteiger partial charge in [0.15, 0.2) is 0 Å². The standard InChI is InChI=1S/C24H22N4.Cu/c1-14-15(2)24-16(3)22-10-9-20(27-22)12-19-6-5-17(25-19)11-18-7-8-21(26-18)13-23(14)28(24)4;/h5-13,25H,1-4H3;. The molecule has 3 aromatic heterocycles. The van der Waals surface area contributed by atoms with Gasteiger partial charge in [-0.3, -0.25) is 0 Å². The molecule has 4 nitrogen and oxygen atoms in total. The summed E-state index contributed by atoms with van der Waals surface area (Å²) in [6.45, 7) is 6.52. The molecule has 1 N–H and O–H groups in total. The van der Waals surface area contributed by atoms with Gasteiger partial charge in [-0.15, -0.1) is 0 Å². The van der Waals surface area contributed by atoms with E-state index in [4.69, 9.17) is 9.97 Å². The van der Waals surface area contributed by atoms with Crippen molar-refractivity contribution in [3.05, 3.63) is 69.8 Å². The summed E-state index contributed by atoms with van der Waals surface area (Å²) in [6.07, 6.45) is 8.31. The fourth-order valence-electron chi connectivity index (χ4n) is 4.13. The fraction of sp³-hybridized carbons (Fsp3) is 0.167. The van der Waals surface area contributed by atoms with Crippen molar-refractivity contribution in [1.29, 1.82) is 0 Å². The maximum atomic E-state index is 4.85. The molecular weight excluding hydrogens is 408 g/mol. The third-order valence-electron chi connectivity index (χ3n) is 5.71. The minimum atomic E-state index is 0. The average Bonchev–Trinajstić information content (AvgIpc) is 3.43. The van der Waals surface area contributed by atoms with E-state index in [1.54, 1.807) is 0 Å². The van der Waals surface area contributed by atoms with Gasteiger partial charge in [0, 0.05) is 46.2 Å². The van der Waals surface area contributed by atoms with Gasteiger partial charge in [0.25, 0.3) is 0 Å². The van der Waals surface area contributed by atoms with Crippen molar-refractivity contribution in [3.63, 3.8) is 0 Å². The van der Waals surface area contributed by atoms with E-state index in [0.717, 1.165) is 33.8 Å². The molecular formula is C24H22CuN4. The predicted molar refractivity (Wildman–Crippen MR) is 118 cm³/mol. The molecule has 8 bridgehead atoms. The monoisotopic (exact) mass is 429 g/mol. The summed E-state index contributed by atoms with van der Waals surface area (Å²) in [5.41, 5.74) is 12.1. The largest absolute Gasteiger partial charge is 0.355 e. The van der Waals surface area contributed by atoms with Crippen molar-refractivity contribution in [2.75, 3.05) is 0 Å². The van der Waals surface area contributed by atoms with Crippen molar-refractivity contribution in [1.82, 2.24) is 19.5 Å². The Morgan fingerprint density at radius 3 is 2.00 bits per heavy atom. The van der Waals surface area contributed by atoms with Gasteiger partial charge in [-0.05, 0) is 92.1 Å². The second-order valence-corrected chi connectivity index (χ2v) is 7.52. The van der Waals surface area contributed by atoms with Crippen LogP contribution in [-0.4, -0.2) is 19.5 Å². The predicted octanol–water partition coefficient (Wildman–Crippen LogP) is 5.59. The number of aromatic amines is 1. The molecule has 0 aliphatic carbocycles. The molecule has 2 aliphatic heterocycles. The summed E-state index contributed by atoms with van der Waals surface area (Å²) >= 11 is 0. The zero-order valence-corrected chi connectivity index (χ0v) is 17.8.